The van der Waals surface area contributed by atoms with E-state index in [9.17, 15) is 9.59 Å². The van der Waals surface area contributed by atoms with Gasteiger partial charge in [0.2, 0.25) is 0 Å². The Morgan fingerprint density at radius 1 is 1.21 bits per heavy atom. The van der Waals surface area contributed by atoms with E-state index in [4.69, 9.17) is 9.84 Å². The lowest BCUT2D eigenvalue weighted by Crippen LogP contribution is -2.39. The topological polar surface area (TPSA) is 75.6 Å². The van der Waals surface area contributed by atoms with E-state index in [0.717, 1.165) is 17.3 Å². The highest BCUT2D eigenvalue weighted by molar-refractivity contribution is 9.10. The van der Waals surface area contributed by atoms with Crippen molar-refractivity contribution in [2.45, 2.75) is 64.5 Å². The van der Waals surface area contributed by atoms with Crippen LogP contribution in [-0.2, 0) is 16.0 Å². The Balaban J connectivity index is 2.57. The number of ether oxygens (including phenoxy) is 1. The van der Waals surface area contributed by atoms with Crippen LogP contribution in [0.25, 0.3) is 0 Å². The number of hydrogen-bond donors (Lipinski definition) is 2. The molecule has 0 bridgehead atoms. The summed E-state index contributed by atoms with van der Waals surface area (Å²) >= 11 is 3.40. The second kappa shape index (κ2) is 9.67. The van der Waals surface area contributed by atoms with Crippen LogP contribution in [0.1, 0.15) is 52.0 Å². The Labute approximate surface area is 151 Å². The first kappa shape index (κ1) is 20.5. The van der Waals surface area contributed by atoms with E-state index in [2.05, 4.69) is 21.2 Å². The fourth-order valence-electron chi connectivity index (χ4n) is 2.25. The van der Waals surface area contributed by atoms with Crippen molar-refractivity contribution in [1.82, 2.24) is 5.32 Å². The molecule has 1 unspecified atom stereocenters. The third kappa shape index (κ3) is 9.55. The SMILES string of the molecule is CC(C)(C)OC(=O)NC(CCCC(=O)O)CCc1ccc(Br)cc1. The zero-order valence-electron chi connectivity index (χ0n) is 14.5. The largest absolute Gasteiger partial charge is 0.481 e. The summed E-state index contributed by atoms with van der Waals surface area (Å²) in [5.41, 5.74) is 0.619. The maximum Gasteiger partial charge on any atom is 0.407 e. The van der Waals surface area contributed by atoms with E-state index in [1.165, 1.54) is 5.56 Å². The summed E-state index contributed by atoms with van der Waals surface area (Å²) < 4.78 is 6.32. The van der Waals surface area contributed by atoms with E-state index < -0.39 is 17.7 Å². The molecule has 0 aliphatic rings. The van der Waals surface area contributed by atoms with E-state index in [0.29, 0.717) is 12.8 Å². The van der Waals surface area contributed by atoms with Gasteiger partial charge in [-0.3, -0.25) is 4.79 Å². The molecule has 0 saturated carbocycles. The standard InChI is InChI=1S/C18H26BrNO4/c1-18(2,3)24-17(23)20-15(5-4-6-16(21)22)12-9-13-7-10-14(19)11-8-13/h7-8,10-11,15H,4-6,9,12H2,1-3H3,(H,20,23)(H,21,22). The summed E-state index contributed by atoms with van der Waals surface area (Å²) in [4.78, 5) is 22.7. The Morgan fingerprint density at radius 3 is 2.38 bits per heavy atom. The number of rotatable bonds is 8. The van der Waals surface area contributed by atoms with Gasteiger partial charge < -0.3 is 15.2 Å². The number of nitrogens with one attached hydrogen (secondary N) is 1. The second-order valence-electron chi connectivity index (χ2n) is 6.79. The fraction of sp³-hybridized carbons (Fsp3) is 0.556. The lowest BCUT2D eigenvalue weighted by Gasteiger charge is -2.23. The molecule has 1 aromatic carbocycles. The number of alkyl carbamates (subject to hydrolysis) is 1. The minimum absolute atomic E-state index is 0.102. The summed E-state index contributed by atoms with van der Waals surface area (Å²) in [6, 6.07) is 7.92. The molecule has 2 N–H and O–H groups in total. The lowest BCUT2D eigenvalue weighted by molar-refractivity contribution is -0.137. The first-order valence-corrected chi connectivity index (χ1v) is 8.91. The summed E-state index contributed by atoms with van der Waals surface area (Å²) in [5.74, 6) is -0.820. The highest BCUT2D eigenvalue weighted by Gasteiger charge is 2.19. The van der Waals surface area contributed by atoms with Crippen LogP contribution in [0.2, 0.25) is 0 Å². The Hall–Kier alpha value is -1.56. The molecule has 1 rings (SSSR count). The molecular weight excluding hydrogens is 374 g/mol. The molecule has 0 aliphatic heterocycles. The zero-order valence-corrected chi connectivity index (χ0v) is 16.1. The molecule has 5 nitrogen and oxygen atoms in total. The molecule has 1 atom stereocenters. The van der Waals surface area contributed by atoms with Crippen molar-refractivity contribution in [3.8, 4) is 0 Å². The van der Waals surface area contributed by atoms with E-state index in [1.807, 2.05) is 45.0 Å². The quantitative estimate of drug-likeness (QED) is 0.672. The number of carbonyl (C=O) groups is 2. The van der Waals surface area contributed by atoms with Gasteiger partial charge in [0.05, 0.1) is 0 Å². The molecule has 0 aromatic heterocycles. The first-order valence-electron chi connectivity index (χ1n) is 8.11. The number of aliphatic carboxylic acids is 1. The molecule has 0 heterocycles. The smallest absolute Gasteiger partial charge is 0.407 e. The van der Waals surface area contributed by atoms with Crippen molar-refractivity contribution >= 4 is 28.0 Å². The van der Waals surface area contributed by atoms with Gasteiger partial charge in [0, 0.05) is 16.9 Å². The van der Waals surface area contributed by atoms with Crippen molar-refractivity contribution in [1.29, 1.82) is 0 Å². The van der Waals surface area contributed by atoms with Crippen LogP contribution < -0.4 is 5.32 Å². The molecular formula is C18H26BrNO4. The summed E-state index contributed by atoms with van der Waals surface area (Å²) in [7, 11) is 0. The minimum atomic E-state index is -0.820. The van der Waals surface area contributed by atoms with Gasteiger partial charge in [-0.25, -0.2) is 4.79 Å². The highest BCUT2D eigenvalue weighted by Crippen LogP contribution is 2.15. The van der Waals surface area contributed by atoms with Crippen LogP contribution in [0.5, 0.6) is 0 Å². The molecule has 1 aromatic rings. The van der Waals surface area contributed by atoms with Gasteiger partial charge >= 0.3 is 12.1 Å². The van der Waals surface area contributed by atoms with Crippen LogP contribution >= 0.6 is 15.9 Å². The minimum Gasteiger partial charge on any atom is -0.481 e. The van der Waals surface area contributed by atoms with Crippen molar-refractivity contribution in [3.05, 3.63) is 34.3 Å². The number of halogens is 1. The monoisotopic (exact) mass is 399 g/mol. The van der Waals surface area contributed by atoms with Crippen LogP contribution in [0.15, 0.2) is 28.7 Å². The summed E-state index contributed by atoms with van der Waals surface area (Å²) in [5, 5.41) is 11.6. The van der Waals surface area contributed by atoms with Crippen molar-refractivity contribution < 1.29 is 19.4 Å². The van der Waals surface area contributed by atoms with E-state index >= 15 is 0 Å². The summed E-state index contributed by atoms with van der Waals surface area (Å²) in [6.45, 7) is 5.44. The molecule has 1 amide bonds. The fourth-order valence-corrected chi connectivity index (χ4v) is 2.52. The maximum atomic E-state index is 12.0. The predicted molar refractivity (Wildman–Crippen MR) is 97.1 cm³/mol. The van der Waals surface area contributed by atoms with Crippen molar-refractivity contribution in [3.63, 3.8) is 0 Å². The highest BCUT2D eigenvalue weighted by atomic mass is 79.9. The third-order valence-electron chi connectivity index (χ3n) is 3.36. The number of benzene rings is 1. The van der Waals surface area contributed by atoms with Crippen LogP contribution in [0.4, 0.5) is 4.79 Å². The Kier molecular flexibility index (Phi) is 8.25. The van der Waals surface area contributed by atoms with E-state index in [-0.39, 0.29) is 12.5 Å². The van der Waals surface area contributed by atoms with Gasteiger partial charge in [0.25, 0.3) is 0 Å². The molecule has 0 aliphatic carbocycles. The number of carbonyl (C=O) groups excluding carboxylic acids is 1. The maximum absolute atomic E-state index is 12.0. The molecule has 0 spiro atoms. The normalized spacial score (nSPS) is 12.5. The van der Waals surface area contributed by atoms with Gasteiger partial charge in [0.15, 0.2) is 0 Å². The first-order chi connectivity index (χ1) is 11.2. The van der Waals surface area contributed by atoms with Gasteiger partial charge in [0.1, 0.15) is 5.60 Å². The van der Waals surface area contributed by atoms with Crippen molar-refractivity contribution in [2.75, 3.05) is 0 Å². The number of amides is 1. The average Bonchev–Trinajstić information content (AvgIpc) is 2.43. The molecule has 0 fully saturated rings. The lowest BCUT2D eigenvalue weighted by atomic mass is 10.0. The van der Waals surface area contributed by atoms with Crippen LogP contribution in [-0.4, -0.2) is 28.8 Å². The molecule has 6 heteroatoms. The summed E-state index contributed by atoms with van der Waals surface area (Å²) in [6.07, 6.45) is 2.32. The molecule has 24 heavy (non-hydrogen) atoms. The van der Waals surface area contributed by atoms with Crippen molar-refractivity contribution in [2.24, 2.45) is 0 Å². The predicted octanol–water partition coefficient (Wildman–Crippen LogP) is 4.53. The second-order valence-corrected chi connectivity index (χ2v) is 7.71. The Bertz CT molecular complexity index is 537. The average molecular weight is 400 g/mol. The van der Waals surface area contributed by atoms with Gasteiger partial charge in [-0.2, -0.15) is 0 Å². The van der Waals surface area contributed by atoms with Gasteiger partial charge in [-0.15, -0.1) is 0 Å². The van der Waals surface area contributed by atoms with Crippen LogP contribution in [0.3, 0.4) is 0 Å². The number of carboxylic acid groups (broad SMARTS) is 1. The van der Waals surface area contributed by atoms with Gasteiger partial charge in [-0.05, 0) is 64.2 Å². The number of carboxylic acids is 1. The molecule has 0 radical (unpaired) electrons. The third-order valence-corrected chi connectivity index (χ3v) is 3.89. The van der Waals surface area contributed by atoms with Gasteiger partial charge in [-0.1, -0.05) is 28.1 Å². The van der Waals surface area contributed by atoms with E-state index in [1.54, 1.807) is 0 Å². The molecule has 134 valence electrons. The number of aryl methyl sites for hydroxylation is 1. The Morgan fingerprint density at radius 2 is 1.83 bits per heavy atom. The zero-order chi connectivity index (χ0) is 18.2. The number of hydrogen-bond acceptors (Lipinski definition) is 3. The van der Waals surface area contributed by atoms with Crippen LogP contribution in [0, 0.1) is 0 Å². The molecule has 0 saturated heterocycles.